The van der Waals surface area contributed by atoms with Crippen LogP contribution in [0.5, 0.6) is 5.75 Å². The summed E-state index contributed by atoms with van der Waals surface area (Å²) in [6, 6.07) is 5.22. The Hall–Kier alpha value is -2.48. The molecule has 0 aliphatic heterocycles. The van der Waals surface area contributed by atoms with E-state index in [0.29, 0.717) is 17.1 Å². The minimum absolute atomic E-state index is 0.273. The third-order valence-electron chi connectivity index (χ3n) is 3.52. The minimum Gasteiger partial charge on any atom is -0.548 e. The van der Waals surface area contributed by atoms with E-state index in [2.05, 4.69) is 5.32 Å². The maximum absolute atomic E-state index is 11.9. The molecule has 0 aliphatic rings. The first kappa shape index (κ1) is 18.9. The molecule has 7 nitrogen and oxygen atoms in total. The number of hydrogen-bond acceptors (Lipinski definition) is 7. The maximum Gasteiger partial charge on any atom is 0.336 e. The van der Waals surface area contributed by atoms with Crippen LogP contribution in [0.2, 0.25) is 0 Å². The zero-order valence-corrected chi connectivity index (χ0v) is 14.7. The molecule has 134 valence electrons. The number of nitrogens with one attached hydrogen (secondary N) is 1. The normalized spacial score (nSPS) is 11.9. The molecule has 0 bridgehead atoms. The topological polar surface area (TPSA) is 109 Å². The number of carbonyl (C=O) groups excluding carboxylic acids is 2. The van der Waals surface area contributed by atoms with Gasteiger partial charge in [-0.2, -0.15) is 11.8 Å². The number of carboxylic acids is 1. The van der Waals surface area contributed by atoms with Gasteiger partial charge in [0.25, 0.3) is 5.91 Å². The first-order chi connectivity index (χ1) is 11.9. The number of aliphatic carboxylic acids is 1. The van der Waals surface area contributed by atoms with Crippen molar-refractivity contribution >= 4 is 34.6 Å². The van der Waals surface area contributed by atoms with E-state index in [-0.39, 0.29) is 13.0 Å². The predicted molar refractivity (Wildman–Crippen MR) is 92.7 cm³/mol. The smallest absolute Gasteiger partial charge is 0.336 e. The van der Waals surface area contributed by atoms with Gasteiger partial charge in [-0.3, -0.25) is 4.79 Å². The Bertz CT molecular complexity index is 831. The lowest BCUT2D eigenvalue weighted by atomic mass is 10.1. The highest BCUT2D eigenvalue weighted by Gasteiger charge is 2.14. The summed E-state index contributed by atoms with van der Waals surface area (Å²) < 4.78 is 10.5. The van der Waals surface area contributed by atoms with Gasteiger partial charge in [0.15, 0.2) is 6.61 Å². The van der Waals surface area contributed by atoms with Gasteiger partial charge < -0.3 is 24.4 Å². The van der Waals surface area contributed by atoms with Gasteiger partial charge in [-0.1, -0.05) is 0 Å². The second kappa shape index (κ2) is 8.57. The molecule has 0 saturated heterocycles. The van der Waals surface area contributed by atoms with Crippen LogP contribution in [-0.4, -0.2) is 36.5 Å². The van der Waals surface area contributed by atoms with E-state index in [1.807, 2.05) is 6.26 Å². The van der Waals surface area contributed by atoms with Crippen molar-refractivity contribution in [3.8, 4) is 5.75 Å². The van der Waals surface area contributed by atoms with E-state index in [0.717, 1.165) is 10.9 Å². The highest BCUT2D eigenvalue weighted by Crippen LogP contribution is 2.22. The van der Waals surface area contributed by atoms with Gasteiger partial charge >= 0.3 is 5.63 Å². The zero-order chi connectivity index (χ0) is 18.4. The number of hydrogen-bond donors (Lipinski definition) is 1. The summed E-state index contributed by atoms with van der Waals surface area (Å²) in [5.41, 5.74) is 0.669. The SMILES string of the molecule is CSCC[C@@H](NC(=O)COc1ccc2c(C)cc(=O)oc2c1)C(=O)[O-]. The fraction of sp³-hybridized carbons (Fsp3) is 0.353. The van der Waals surface area contributed by atoms with Crippen molar-refractivity contribution in [2.24, 2.45) is 0 Å². The molecule has 1 amide bonds. The monoisotopic (exact) mass is 364 g/mol. The Labute approximate surface area is 148 Å². The number of fused-ring (bicyclic) bond motifs is 1. The van der Waals surface area contributed by atoms with Crippen LogP contribution in [0.25, 0.3) is 11.0 Å². The molecule has 0 radical (unpaired) electrons. The van der Waals surface area contributed by atoms with Gasteiger partial charge in [-0.15, -0.1) is 0 Å². The number of rotatable bonds is 8. The third-order valence-corrected chi connectivity index (χ3v) is 4.17. The van der Waals surface area contributed by atoms with Crippen LogP contribution >= 0.6 is 11.8 Å². The van der Waals surface area contributed by atoms with Gasteiger partial charge in [-0.05, 0) is 43.0 Å². The lowest BCUT2D eigenvalue weighted by molar-refractivity contribution is -0.308. The Morgan fingerprint density at radius 1 is 1.36 bits per heavy atom. The van der Waals surface area contributed by atoms with E-state index in [4.69, 9.17) is 9.15 Å². The Kier molecular flexibility index (Phi) is 6.46. The standard InChI is InChI=1S/C17H19NO6S/c1-10-7-16(20)24-14-8-11(3-4-12(10)14)23-9-15(19)18-13(17(21)22)5-6-25-2/h3-4,7-8,13H,5-6,9H2,1-2H3,(H,18,19)(H,21,22)/p-1/t13-/m1/s1. The highest BCUT2D eigenvalue weighted by molar-refractivity contribution is 7.98. The van der Waals surface area contributed by atoms with Crippen molar-refractivity contribution in [2.75, 3.05) is 18.6 Å². The van der Waals surface area contributed by atoms with Crippen molar-refractivity contribution < 1.29 is 23.8 Å². The summed E-state index contributed by atoms with van der Waals surface area (Å²) in [7, 11) is 0. The van der Waals surface area contributed by atoms with E-state index in [1.165, 1.54) is 23.9 Å². The number of thioether (sulfide) groups is 1. The highest BCUT2D eigenvalue weighted by atomic mass is 32.2. The summed E-state index contributed by atoms with van der Waals surface area (Å²) in [6.45, 7) is 1.44. The van der Waals surface area contributed by atoms with E-state index in [1.54, 1.807) is 19.1 Å². The summed E-state index contributed by atoms with van der Waals surface area (Å²) in [5.74, 6) is -0.972. The number of benzene rings is 1. The van der Waals surface area contributed by atoms with Crippen LogP contribution in [0.4, 0.5) is 0 Å². The molecule has 0 fully saturated rings. The number of aryl methyl sites for hydroxylation is 1. The quantitative estimate of drug-likeness (QED) is 0.678. The molecular weight excluding hydrogens is 346 g/mol. The molecule has 1 heterocycles. The Morgan fingerprint density at radius 2 is 2.12 bits per heavy atom. The van der Waals surface area contributed by atoms with Gasteiger partial charge in [0.2, 0.25) is 0 Å². The lowest BCUT2D eigenvalue weighted by Gasteiger charge is -2.19. The van der Waals surface area contributed by atoms with E-state index >= 15 is 0 Å². The molecule has 2 rings (SSSR count). The minimum atomic E-state index is -1.33. The van der Waals surface area contributed by atoms with E-state index in [9.17, 15) is 19.5 Å². The molecule has 1 aromatic heterocycles. The van der Waals surface area contributed by atoms with Crippen LogP contribution in [0, 0.1) is 6.92 Å². The fourth-order valence-electron chi connectivity index (χ4n) is 2.26. The van der Waals surface area contributed by atoms with Crippen LogP contribution < -0.4 is 20.8 Å². The molecular formula is C17H18NO6S-. The van der Waals surface area contributed by atoms with Gasteiger partial charge in [0.1, 0.15) is 11.3 Å². The summed E-state index contributed by atoms with van der Waals surface area (Å²) in [4.78, 5) is 34.3. The van der Waals surface area contributed by atoms with Crippen LogP contribution in [-0.2, 0) is 9.59 Å². The third kappa shape index (κ3) is 5.25. The second-order valence-corrected chi connectivity index (χ2v) is 6.40. The molecule has 8 heteroatoms. The summed E-state index contributed by atoms with van der Waals surface area (Å²) >= 11 is 1.48. The zero-order valence-electron chi connectivity index (χ0n) is 13.9. The van der Waals surface area contributed by atoms with Crippen molar-refractivity contribution in [1.82, 2.24) is 5.32 Å². The molecule has 1 aromatic carbocycles. The first-order valence-electron chi connectivity index (χ1n) is 7.57. The number of carboxylic acid groups (broad SMARTS) is 1. The van der Waals surface area contributed by atoms with Crippen LogP contribution in [0.1, 0.15) is 12.0 Å². The van der Waals surface area contributed by atoms with Crippen molar-refractivity contribution in [3.63, 3.8) is 0 Å². The van der Waals surface area contributed by atoms with Crippen LogP contribution in [0.15, 0.2) is 33.5 Å². The molecule has 25 heavy (non-hydrogen) atoms. The Morgan fingerprint density at radius 3 is 2.80 bits per heavy atom. The predicted octanol–water partition coefficient (Wildman–Crippen LogP) is 0.468. The van der Waals surface area contributed by atoms with Gasteiger partial charge in [-0.25, -0.2) is 4.79 Å². The summed E-state index contributed by atoms with van der Waals surface area (Å²) in [5, 5.41) is 14.1. The fourth-order valence-corrected chi connectivity index (χ4v) is 2.74. The van der Waals surface area contributed by atoms with Crippen molar-refractivity contribution in [2.45, 2.75) is 19.4 Å². The molecule has 0 saturated carbocycles. The maximum atomic E-state index is 11.9. The van der Waals surface area contributed by atoms with Crippen molar-refractivity contribution in [3.05, 3.63) is 40.2 Å². The van der Waals surface area contributed by atoms with Gasteiger partial charge in [0, 0.05) is 17.5 Å². The molecule has 0 unspecified atom stereocenters. The Balaban J connectivity index is 2.00. The molecule has 2 aromatic rings. The molecule has 1 atom stereocenters. The van der Waals surface area contributed by atoms with Crippen LogP contribution in [0.3, 0.4) is 0 Å². The number of amides is 1. The summed E-state index contributed by atoms with van der Waals surface area (Å²) in [6.07, 6.45) is 2.12. The second-order valence-electron chi connectivity index (χ2n) is 5.42. The average molecular weight is 364 g/mol. The first-order valence-corrected chi connectivity index (χ1v) is 8.96. The number of carbonyl (C=O) groups is 2. The molecule has 0 aliphatic carbocycles. The molecule has 1 N–H and O–H groups in total. The van der Waals surface area contributed by atoms with Gasteiger partial charge in [0.05, 0.1) is 12.0 Å². The molecule has 0 spiro atoms. The average Bonchev–Trinajstić information content (AvgIpc) is 2.56. The van der Waals surface area contributed by atoms with Crippen molar-refractivity contribution in [1.29, 1.82) is 0 Å². The lowest BCUT2D eigenvalue weighted by Crippen LogP contribution is -2.49. The van der Waals surface area contributed by atoms with E-state index < -0.39 is 23.5 Å². The largest absolute Gasteiger partial charge is 0.548 e. The number of ether oxygens (including phenoxy) is 1.